The Kier molecular flexibility index (Phi) is 4.65. The first-order valence-electron chi connectivity index (χ1n) is 6.70. The van der Waals surface area contributed by atoms with E-state index in [0.717, 1.165) is 17.8 Å². The van der Waals surface area contributed by atoms with E-state index in [9.17, 15) is 4.39 Å². The van der Waals surface area contributed by atoms with Crippen LogP contribution in [0.5, 0.6) is 5.75 Å². The van der Waals surface area contributed by atoms with Crippen molar-refractivity contribution in [2.45, 2.75) is 40.3 Å². The fraction of sp³-hybridized carbons (Fsp3) is 0.400. The van der Waals surface area contributed by atoms with Gasteiger partial charge in [-0.15, -0.1) is 0 Å². The molecular weight excluding hydrogens is 279 g/mol. The number of hydrogen-bond acceptors (Lipinski definition) is 2. The van der Waals surface area contributed by atoms with Gasteiger partial charge in [0, 0.05) is 6.54 Å². The van der Waals surface area contributed by atoms with E-state index in [2.05, 4.69) is 5.10 Å². The minimum atomic E-state index is -0.332. The molecule has 3 nitrogen and oxygen atoms in total. The molecular formula is C15H18ClFN2O. The molecule has 0 saturated carbocycles. The molecule has 108 valence electrons. The van der Waals surface area contributed by atoms with Crippen molar-refractivity contribution in [3.05, 3.63) is 46.0 Å². The van der Waals surface area contributed by atoms with Crippen LogP contribution in [0.15, 0.2) is 18.2 Å². The quantitative estimate of drug-likeness (QED) is 0.829. The molecule has 20 heavy (non-hydrogen) atoms. The van der Waals surface area contributed by atoms with Crippen molar-refractivity contribution in [3.8, 4) is 5.75 Å². The number of nitrogens with zero attached hydrogens (tertiary/aromatic N) is 2. The molecule has 0 aliphatic heterocycles. The van der Waals surface area contributed by atoms with Crippen molar-refractivity contribution in [2.75, 3.05) is 0 Å². The van der Waals surface area contributed by atoms with E-state index in [4.69, 9.17) is 16.3 Å². The Balaban J connectivity index is 2.22. The molecule has 0 saturated heterocycles. The normalized spacial score (nSPS) is 10.8. The number of ether oxygens (including phenoxy) is 1. The van der Waals surface area contributed by atoms with Crippen LogP contribution in [0.1, 0.15) is 30.8 Å². The fourth-order valence-electron chi connectivity index (χ4n) is 2.03. The predicted octanol–water partition coefficient (Wildman–Crippen LogP) is 4.15. The second-order valence-electron chi connectivity index (χ2n) is 4.55. The zero-order chi connectivity index (χ0) is 14.7. The van der Waals surface area contributed by atoms with E-state index in [1.807, 2.05) is 13.8 Å². The summed E-state index contributed by atoms with van der Waals surface area (Å²) in [6.45, 7) is 6.61. The van der Waals surface area contributed by atoms with Crippen LogP contribution in [0.2, 0.25) is 5.02 Å². The Morgan fingerprint density at radius 3 is 2.75 bits per heavy atom. The van der Waals surface area contributed by atoms with Crippen molar-refractivity contribution in [1.29, 1.82) is 0 Å². The molecule has 0 radical (unpaired) electrons. The van der Waals surface area contributed by atoms with Gasteiger partial charge in [0.15, 0.2) is 11.6 Å². The summed E-state index contributed by atoms with van der Waals surface area (Å²) >= 11 is 6.29. The third kappa shape index (κ3) is 2.80. The van der Waals surface area contributed by atoms with Gasteiger partial charge in [-0.1, -0.05) is 30.7 Å². The van der Waals surface area contributed by atoms with Crippen molar-refractivity contribution < 1.29 is 9.13 Å². The highest BCUT2D eigenvalue weighted by Gasteiger charge is 2.15. The van der Waals surface area contributed by atoms with Crippen LogP contribution in [0.4, 0.5) is 4.39 Å². The van der Waals surface area contributed by atoms with Crippen LogP contribution in [0.3, 0.4) is 0 Å². The van der Waals surface area contributed by atoms with Crippen LogP contribution in [-0.2, 0) is 19.6 Å². The summed E-state index contributed by atoms with van der Waals surface area (Å²) in [5.41, 5.74) is 2.19. The molecule has 1 aromatic carbocycles. The van der Waals surface area contributed by atoms with Gasteiger partial charge < -0.3 is 4.74 Å². The van der Waals surface area contributed by atoms with E-state index >= 15 is 0 Å². The first-order chi connectivity index (χ1) is 9.58. The lowest BCUT2D eigenvalue weighted by atomic mass is 10.2. The molecule has 0 atom stereocenters. The number of halogens is 2. The van der Waals surface area contributed by atoms with Gasteiger partial charge >= 0.3 is 0 Å². The molecule has 1 aromatic heterocycles. The summed E-state index contributed by atoms with van der Waals surface area (Å²) in [5, 5.41) is 5.02. The van der Waals surface area contributed by atoms with E-state index in [1.165, 1.54) is 0 Å². The molecule has 0 fully saturated rings. The highest BCUT2D eigenvalue weighted by Crippen LogP contribution is 2.25. The minimum Gasteiger partial charge on any atom is -0.484 e. The van der Waals surface area contributed by atoms with Gasteiger partial charge in [0.1, 0.15) is 6.61 Å². The van der Waals surface area contributed by atoms with E-state index in [0.29, 0.717) is 17.1 Å². The standard InChI is InChI=1S/C15H18ClFN2O/c1-4-11-14(16)12(19(5-2)18-11)9-20-13-8-6-7-10(3)15(13)17/h6-8H,4-5,9H2,1-3H3. The van der Waals surface area contributed by atoms with Gasteiger partial charge in [-0.25, -0.2) is 4.39 Å². The minimum absolute atomic E-state index is 0.208. The van der Waals surface area contributed by atoms with Gasteiger partial charge in [-0.2, -0.15) is 5.10 Å². The average Bonchev–Trinajstić information content (AvgIpc) is 2.76. The lowest BCUT2D eigenvalue weighted by Crippen LogP contribution is -2.07. The SMILES string of the molecule is CCc1nn(CC)c(COc2cccc(C)c2F)c1Cl. The largest absolute Gasteiger partial charge is 0.484 e. The Hall–Kier alpha value is -1.55. The summed E-state index contributed by atoms with van der Waals surface area (Å²) in [5.74, 6) is -0.0927. The van der Waals surface area contributed by atoms with Gasteiger partial charge in [0.25, 0.3) is 0 Å². The molecule has 0 unspecified atom stereocenters. The zero-order valence-electron chi connectivity index (χ0n) is 11.9. The van der Waals surface area contributed by atoms with Gasteiger partial charge in [0.05, 0.1) is 16.4 Å². The molecule has 2 aromatic rings. The topological polar surface area (TPSA) is 27.1 Å². The summed E-state index contributed by atoms with van der Waals surface area (Å²) < 4.78 is 21.2. The van der Waals surface area contributed by atoms with E-state index in [-0.39, 0.29) is 18.2 Å². The third-order valence-corrected chi connectivity index (χ3v) is 3.65. The molecule has 0 aliphatic rings. The maximum Gasteiger partial charge on any atom is 0.167 e. The molecule has 0 bridgehead atoms. The molecule has 0 amide bonds. The fourth-order valence-corrected chi connectivity index (χ4v) is 2.36. The number of aryl methyl sites for hydroxylation is 3. The zero-order valence-corrected chi connectivity index (χ0v) is 12.7. The molecule has 0 spiro atoms. The number of benzene rings is 1. The predicted molar refractivity (Wildman–Crippen MR) is 77.8 cm³/mol. The third-order valence-electron chi connectivity index (χ3n) is 3.21. The maximum atomic E-state index is 13.9. The Morgan fingerprint density at radius 2 is 2.10 bits per heavy atom. The monoisotopic (exact) mass is 296 g/mol. The van der Waals surface area contributed by atoms with E-state index < -0.39 is 0 Å². The number of hydrogen-bond donors (Lipinski definition) is 0. The molecule has 5 heteroatoms. The van der Waals surface area contributed by atoms with Crippen LogP contribution >= 0.6 is 11.6 Å². The van der Waals surface area contributed by atoms with Crippen LogP contribution < -0.4 is 4.74 Å². The van der Waals surface area contributed by atoms with Crippen molar-refractivity contribution >= 4 is 11.6 Å². The molecule has 1 heterocycles. The Morgan fingerprint density at radius 1 is 1.35 bits per heavy atom. The molecule has 0 N–H and O–H groups in total. The lowest BCUT2D eigenvalue weighted by molar-refractivity contribution is 0.277. The summed E-state index contributed by atoms with van der Waals surface area (Å²) in [6, 6.07) is 5.09. The highest BCUT2D eigenvalue weighted by molar-refractivity contribution is 6.31. The highest BCUT2D eigenvalue weighted by atomic mass is 35.5. The summed E-state index contributed by atoms with van der Waals surface area (Å²) in [6.07, 6.45) is 0.762. The average molecular weight is 297 g/mol. The first-order valence-corrected chi connectivity index (χ1v) is 7.08. The first kappa shape index (κ1) is 14.9. The van der Waals surface area contributed by atoms with Crippen LogP contribution in [-0.4, -0.2) is 9.78 Å². The van der Waals surface area contributed by atoms with Crippen molar-refractivity contribution in [3.63, 3.8) is 0 Å². The second-order valence-corrected chi connectivity index (χ2v) is 4.93. The van der Waals surface area contributed by atoms with Crippen LogP contribution in [0.25, 0.3) is 0 Å². The summed E-state index contributed by atoms with van der Waals surface area (Å²) in [7, 11) is 0. The Labute approximate surface area is 123 Å². The smallest absolute Gasteiger partial charge is 0.167 e. The molecule has 2 rings (SSSR count). The van der Waals surface area contributed by atoms with Crippen molar-refractivity contribution in [2.24, 2.45) is 0 Å². The molecule has 0 aliphatic carbocycles. The maximum absolute atomic E-state index is 13.9. The van der Waals surface area contributed by atoms with Gasteiger partial charge in [-0.05, 0) is 31.9 Å². The van der Waals surface area contributed by atoms with E-state index in [1.54, 1.807) is 29.8 Å². The van der Waals surface area contributed by atoms with Gasteiger partial charge in [0.2, 0.25) is 0 Å². The number of aromatic nitrogens is 2. The Bertz CT molecular complexity index is 610. The number of rotatable bonds is 5. The lowest BCUT2D eigenvalue weighted by Gasteiger charge is -2.10. The summed E-state index contributed by atoms with van der Waals surface area (Å²) in [4.78, 5) is 0. The van der Waals surface area contributed by atoms with Crippen LogP contribution in [0, 0.1) is 12.7 Å². The van der Waals surface area contributed by atoms with Gasteiger partial charge in [-0.3, -0.25) is 4.68 Å². The second kappa shape index (κ2) is 6.27. The van der Waals surface area contributed by atoms with Crippen molar-refractivity contribution in [1.82, 2.24) is 9.78 Å².